The molecule has 1 aromatic carbocycles. The first-order valence-corrected chi connectivity index (χ1v) is 11.1. The monoisotopic (exact) mass is 403 g/mol. The van der Waals surface area contributed by atoms with Gasteiger partial charge in [0.15, 0.2) is 0 Å². The largest absolute Gasteiger partial charge is 0.473 e. The minimum absolute atomic E-state index is 0.219. The van der Waals surface area contributed by atoms with Gasteiger partial charge in [-0.1, -0.05) is 6.07 Å². The summed E-state index contributed by atoms with van der Waals surface area (Å²) in [5.41, 5.74) is 4.49. The lowest BCUT2D eigenvalue weighted by Crippen LogP contribution is -2.44. The summed E-state index contributed by atoms with van der Waals surface area (Å²) in [7, 11) is -3.59. The Morgan fingerprint density at radius 3 is 2.25 bits per heavy atom. The summed E-state index contributed by atoms with van der Waals surface area (Å²) in [6.45, 7) is 12.3. The smallest absolute Gasteiger partial charge is 0.243 e. The van der Waals surface area contributed by atoms with E-state index in [1.54, 1.807) is 10.4 Å². The van der Waals surface area contributed by atoms with E-state index in [-0.39, 0.29) is 6.10 Å². The Kier molecular flexibility index (Phi) is 5.77. The van der Waals surface area contributed by atoms with Gasteiger partial charge in [0.1, 0.15) is 11.9 Å². The van der Waals surface area contributed by atoms with Crippen molar-refractivity contribution >= 4 is 10.0 Å². The average Bonchev–Trinajstić information content (AvgIpc) is 2.59. The first-order valence-electron chi connectivity index (χ1n) is 9.66. The Morgan fingerprint density at radius 2 is 1.64 bits per heavy atom. The lowest BCUT2D eigenvalue weighted by molar-refractivity contribution is 0.124. The van der Waals surface area contributed by atoms with Gasteiger partial charge in [0.25, 0.3) is 0 Å². The van der Waals surface area contributed by atoms with E-state index in [1.165, 1.54) is 0 Å². The van der Waals surface area contributed by atoms with Crippen molar-refractivity contribution in [3.05, 3.63) is 45.9 Å². The van der Waals surface area contributed by atoms with Crippen LogP contribution < -0.4 is 4.74 Å². The van der Waals surface area contributed by atoms with Crippen molar-refractivity contribution in [2.45, 2.75) is 65.4 Å². The van der Waals surface area contributed by atoms with Gasteiger partial charge in [-0.05, 0) is 76.6 Å². The number of rotatable bonds is 4. The Balaban J connectivity index is 1.88. The van der Waals surface area contributed by atoms with Crippen LogP contribution in [0.4, 0.5) is 0 Å². The molecule has 7 heteroatoms. The molecule has 6 nitrogen and oxygen atoms in total. The Labute approximate surface area is 168 Å². The zero-order valence-corrected chi connectivity index (χ0v) is 18.4. The molecule has 0 bridgehead atoms. The van der Waals surface area contributed by atoms with E-state index in [1.807, 2.05) is 47.6 Å². The van der Waals surface area contributed by atoms with Gasteiger partial charge in [0, 0.05) is 18.3 Å². The summed E-state index contributed by atoms with van der Waals surface area (Å²) >= 11 is 0. The molecule has 1 unspecified atom stereocenters. The fraction of sp³-hybridized carbons (Fsp3) is 0.524. The third kappa shape index (κ3) is 4.05. The number of benzene rings is 1. The predicted molar refractivity (Wildman–Crippen MR) is 109 cm³/mol. The van der Waals surface area contributed by atoms with Crippen LogP contribution in [0, 0.1) is 41.5 Å². The fourth-order valence-corrected chi connectivity index (χ4v) is 5.92. The molecule has 152 valence electrons. The number of aromatic nitrogens is 2. The van der Waals surface area contributed by atoms with Gasteiger partial charge in [-0.15, -0.1) is 0 Å². The molecule has 1 aliphatic heterocycles. The molecule has 0 saturated carbocycles. The summed E-state index contributed by atoms with van der Waals surface area (Å²) < 4.78 is 34.6. The van der Waals surface area contributed by atoms with E-state index in [2.05, 4.69) is 9.97 Å². The third-order valence-electron chi connectivity index (χ3n) is 5.47. The molecule has 1 fully saturated rings. The van der Waals surface area contributed by atoms with Gasteiger partial charge in [-0.25, -0.2) is 13.4 Å². The highest BCUT2D eigenvalue weighted by atomic mass is 32.2. The van der Waals surface area contributed by atoms with Crippen molar-refractivity contribution in [2.75, 3.05) is 13.1 Å². The number of hydrogen-bond donors (Lipinski definition) is 0. The zero-order chi connectivity index (χ0) is 20.6. The van der Waals surface area contributed by atoms with Crippen molar-refractivity contribution in [3.63, 3.8) is 0 Å². The molecule has 2 aromatic rings. The first-order chi connectivity index (χ1) is 13.1. The van der Waals surface area contributed by atoms with Crippen LogP contribution in [0.15, 0.2) is 17.0 Å². The second kappa shape index (κ2) is 7.79. The Bertz CT molecular complexity index is 956. The van der Waals surface area contributed by atoms with Crippen molar-refractivity contribution in [3.8, 4) is 5.88 Å². The van der Waals surface area contributed by atoms with Gasteiger partial charge in [-0.3, -0.25) is 0 Å². The lowest BCUT2D eigenvalue weighted by atomic mass is 10.0. The normalized spacial score (nSPS) is 18.3. The molecular weight excluding hydrogens is 374 g/mol. The van der Waals surface area contributed by atoms with Crippen molar-refractivity contribution in [1.82, 2.24) is 14.3 Å². The molecule has 0 radical (unpaired) electrons. The SMILES string of the molecule is Cc1cc(OC2CCCN(S(=O)(=O)c3c(C)c(C)cc(C)c3C)C2)nc(C)n1. The Morgan fingerprint density at radius 1 is 1.00 bits per heavy atom. The lowest BCUT2D eigenvalue weighted by Gasteiger charge is -2.33. The van der Waals surface area contributed by atoms with Crippen molar-refractivity contribution in [1.29, 1.82) is 0 Å². The highest BCUT2D eigenvalue weighted by molar-refractivity contribution is 7.89. The maximum Gasteiger partial charge on any atom is 0.243 e. The van der Waals surface area contributed by atoms with Gasteiger partial charge < -0.3 is 4.74 Å². The Hall–Kier alpha value is -1.99. The molecule has 2 heterocycles. The van der Waals surface area contributed by atoms with Crippen LogP contribution in [0.1, 0.15) is 46.6 Å². The van der Waals surface area contributed by atoms with Gasteiger partial charge in [0.2, 0.25) is 15.9 Å². The van der Waals surface area contributed by atoms with E-state index in [0.717, 1.165) is 40.8 Å². The van der Waals surface area contributed by atoms with Crippen LogP contribution in [0.2, 0.25) is 0 Å². The number of nitrogens with zero attached hydrogens (tertiary/aromatic N) is 3. The summed E-state index contributed by atoms with van der Waals surface area (Å²) in [5.74, 6) is 1.16. The van der Waals surface area contributed by atoms with Gasteiger partial charge in [-0.2, -0.15) is 9.29 Å². The van der Waals surface area contributed by atoms with Crippen LogP contribution >= 0.6 is 0 Å². The zero-order valence-electron chi connectivity index (χ0n) is 17.5. The first kappa shape index (κ1) is 20.7. The van der Waals surface area contributed by atoms with E-state index < -0.39 is 10.0 Å². The number of hydrogen-bond acceptors (Lipinski definition) is 5. The van der Waals surface area contributed by atoms with E-state index >= 15 is 0 Å². The molecule has 0 amide bonds. The second-order valence-electron chi connectivity index (χ2n) is 7.73. The predicted octanol–water partition coefficient (Wildman–Crippen LogP) is 3.56. The number of sulfonamides is 1. The topological polar surface area (TPSA) is 72.4 Å². The van der Waals surface area contributed by atoms with E-state index in [0.29, 0.717) is 29.7 Å². The quantitative estimate of drug-likeness (QED) is 0.780. The molecule has 1 aromatic heterocycles. The van der Waals surface area contributed by atoms with Crippen LogP contribution in [-0.4, -0.2) is 41.9 Å². The summed E-state index contributed by atoms with van der Waals surface area (Å²) in [4.78, 5) is 9.03. The molecule has 0 aliphatic carbocycles. The van der Waals surface area contributed by atoms with E-state index in [9.17, 15) is 8.42 Å². The van der Waals surface area contributed by atoms with Crippen LogP contribution in [0.5, 0.6) is 5.88 Å². The van der Waals surface area contributed by atoms with Gasteiger partial charge in [0.05, 0.1) is 11.4 Å². The average molecular weight is 404 g/mol. The number of aryl methyl sites for hydroxylation is 4. The molecule has 28 heavy (non-hydrogen) atoms. The number of ether oxygens (including phenoxy) is 1. The third-order valence-corrected chi connectivity index (χ3v) is 7.61. The molecule has 0 spiro atoms. The summed E-state index contributed by atoms with van der Waals surface area (Å²) in [6.07, 6.45) is 1.35. The van der Waals surface area contributed by atoms with Crippen LogP contribution in [0.25, 0.3) is 0 Å². The second-order valence-corrected chi connectivity index (χ2v) is 9.60. The highest BCUT2D eigenvalue weighted by Gasteiger charge is 2.34. The maximum absolute atomic E-state index is 13.5. The van der Waals surface area contributed by atoms with Crippen LogP contribution in [0.3, 0.4) is 0 Å². The standard InChI is InChI=1S/C21H29N3O3S/c1-13-10-14(2)17(5)21(16(13)4)28(25,26)24-9-7-8-19(12-24)27-20-11-15(3)22-18(6)23-20/h10-11,19H,7-9,12H2,1-6H3. The number of piperidine rings is 1. The molecule has 0 N–H and O–H groups in total. The molecule has 1 aliphatic rings. The minimum Gasteiger partial charge on any atom is -0.473 e. The fourth-order valence-electron chi connectivity index (χ4n) is 3.83. The maximum atomic E-state index is 13.5. The molecular formula is C21H29N3O3S. The highest BCUT2D eigenvalue weighted by Crippen LogP contribution is 2.30. The molecule has 1 atom stereocenters. The summed E-state index contributed by atoms with van der Waals surface area (Å²) in [6, 6.07) is 3.84. The van der Waals surface area contributed by atoms with Crippen molar-refractivity contribution in [2.24, 2.45) is 0 Å². The minimum atomic E-state index is -3.59. The van der Waals surface area contributed by atoms with E-state index in [4.69, 9.17) is 4.74 Å². The van der Waals surface area contributed by atoms with Crippen molar-refractivity contribution < 1.29 is 13.2 Å². The molecule has 1 saturated heterocycles. The summed E-state index contributed by atoms with van der Waals surface area (Å²) in [5, 5.41) is 0. The van der Waals surface area contributed by atoms with Gasteiger partial charge >= 0.3 is 0 Å². The molecule has 3 rings (SSSR count). The van der Waals surface area contributed by atoms with Crippen LogP contribution in [-0.2, 0) is 10.0 Å².